The first kappa shape index (κ1) is 11.9. The average Bonchev–Trinajstić information content (AvgIpc) is 2.63. The molecule has 0 heterocycles. The summed E-state index contributed by atoms with van der Waals surface area (Å²) in [6, 6.07) is 0. The number of allylic oxidation sites excluding steroid dienone is 8. The average molecular weight is 211 g/mol. The van der Waals surface area contributed by atoms with Crippen LogP contribution < -0.4 is 0 Å². The van der Waals surface area contributed by atoms with Gasteiger partial charge in [0.15, 0.2) is 11.6 Å². The second-order valence-corrected chi connectivity index (χ2v) is 2.24. The van der Waals surface area contributed by atoms with Gasteiger partial charge in [0.1, 0.15) is 0 Å². The van der Waals surface area contributed by atoms with E-state index in [1.54, 1.807) is 24.3 Å². The summed E-state index contributed by atoms with van der Waals surface area (Å²) in [6.45, 7) is 0. The third-order valence-corrected chi connectivity index (χ3v) is 1.26. The molecule has 3 heteroatoms. The molecule has 2 nitrogen and oxygen atoms in total. The van der Waals surface area contributed by atoms with Gasteiger partial charge in [0.2, 0.25) is 0 Å². The van der Waals surface area contributed by atoms with Crippen molar-refractivity contribution in [3.63, 3.8) is 0 Å². The van der Waals surface area contributed by atoms with Crippen LogP contribution in [0.15, 0.2) is 48.6 Å². The Bertz CT molecular complexity index is 249. The van der Waals surface area contributed by atoms with Gasteiger partial charge >= 0.3 is 18.6 Å². The maximum Gasteiger partial charge on any atom is 3.00 e. The Morgan fingerprint density at radius 2 is 0.846 bits per heavy atom. The van der Waals surface area contributed by atoms with E-state index in [4.69, 9.17) is 0 Å². The van der Waals surface area contributed by atoms with E-state index in [1.807, 2.05) is 0 Å². The van der Waals surface area contributed by atoms with E-state index < -0.39 is 0 Å². The Kier molecular flexibility index (Phi) is 5.86. The molecule has 62 valence electrons. The minimum atomic E-state index is 0. The molecule has 2 rings (SSSR count). The molecule has 0 spiro atoms. The van der Waals surface area contributed by atoms with Gasteiger partial charge in [-0.2, -0.15) is 0 Å². The van der Waals surface area contributed by atoms with Crippen molar-refractivity contribution in [2.45, 2.75) is 0 Å². The predicted molar refractivity (Wildman–Crippen MR) is 46.6 cm³/mol. The Morgan fingerprint density at radius 1 is 0.615 bits per heavy atom. The van der Waals surface area contributed by atoms with Crippen molar-refractivity contribution in [3.8, 4) is 0 Å². The smallest absolute Gasteiger partial charge is 0.290 e. The second kappa shape index (κ2) is 6.41. The second-order valence-electron chi connectivity index (χ2n) is 2.24. The molecule has 0 amide bonds. The Labute approximate surface area is 88.6 Å². The summed E-state index contributed by atoms with van der Waals surface area (Å²) in [5, 5.41) is 0. The molecule has 0 aromatic carbocycles. The molecule has 2 aliphatic carbocycles. The largest absolute Gasteiger partial charge is 3.00 e. The number of carbonyl (C=O) groups is 2. The quantitative estimate of drug-likeness (QED) is 0.606. The Hall–Kier alpha value is -1.12. The molecule has 0 fully saturated rings. The van der Waals surface area contributed by atoms with Crippen LogP contribution in [0.2, 0.25) is 0 Å². The zero-order valence-electron chi connectivity index (χ0n) is 6.88. The van der Waals surface area contributed by atoms with Gasteiger partial charge in [-0.15, -0.1) is 0 Å². The zero-order valence-corrected chi connectivity index (χ0v) is 8.28. The molecule has 0 unspecified atom stereocenters. The Morgan fingerprint density at radius 3 is 0.923 bits per heavy atom. The number of hydrogen-bond acceptors (Lipinski definition) is 2. The van der Waals surface area contributed by atoms with E-state index in [-0.39, 0.29) is 30.1 Å². The molecular formula is C10H8O2V+3. The predicted octanol–water partition coefficient (Wildman–Crippen LogP) is 1.36. The summed E-state index contributed by atoms with van der Waals surface area (Å²) in [5.74, 6) is 0.185. The van der Waals surface area contributed by atoms with Crippen LogP contribution in [0.3, 0.4) is 0 Å². The Balaban J connectivity index is 0.000000206. The molecule has 0 aromatic rings. The third-order valence-electron chi connectivity index (χ3n) is 1.26. The van der Waals surface area contributed by atoms with Crippen molar-refractivity contribution in [2.24, 2.45) is 0 Å². The van der Waals surface area contributed by atoms with Gasteiger partial charge < -0.3 is 0 Å². The van der Waals surface area contributed by atoms with Crippen molar-refractivity contribution in [2.75, 3.05) is 0 Å². The molecule has 0 atom stereocenters. The molecule has 0 saturated carbocycles. The van der Waals surface area contributed by atoms with E-state index in [0.717, 1.165) is 0 Å². The summed E-state index contributed by atoms with van der Waals surface area (Å²) >= 11 is 0. The minimum absolute atomic E-state index is 0. The van der Waals surface area contributed by atoms with Crippen LogP contribution in [0.5, 0.6) is 0 Å². The number of rotatable bonds is 0. The number of carbonyl (C=O) groups excluding carboxylic acids is 2. The van der Waals surface area contributed by atoms with E-state index in [2.05, 4.69) is 0 Å². The van der Waals surface area contributed by atoms with Gasteiger partial charge in [-0.1, -0.05) is 24.3 Å². The van der Waals surface area contributed by atoms with Crippen molar-refractivity contribution in [3.05, 3.63) is 48.6 Å². The summed E-state index contributed by atoms with van der Waals surface area (Å²) < 4.78 is 0. The molecule has 2 aliphatic rings. The third kappa shape index (κ3) is 5.18. The van der Waals surface area contributed by atoms with Crippen LogP contribution in [0.1, 0.15) is 0 Å². The SMILES string of the molecule is O=C1C=CC=C1.O=C1C=CC=C1.[V+3]. The molecule has 0 aromatic heterocycles. The van der Waals surface area contributed by atoms with Crippen LogP contribution >= 0.6 is 0 Å². The van der Waals surface area contributed by atoms with Gasteiger partial charge in [0.05, 0.1) is 0 Å². The fraction of sp³-hybridized carbons (Fsp3) is 0. The molecular weight excluding hydrogens is 203 g/mol. The van der Waals surface area contributed by atoms with E-state index in [9.17, 15) is 9.59 Å². The van der Waals surface area contributed by atoms with Gasteiger partial charge in [0, 0.05) is 0 Å². The molecule has 0 bridgehead atoms. The topological polar surface area (TPSA) is 34.1 Å². The standard InChI is InChI=1S/2C5H4O.V/c2*6-5-3-1-2-4-5;/h2*1-4H;/q;;+3. The van der Waals surface area contributed by atoms with Gasteiger partial charge in [0.25, 0.3) is 0 Å². The molecule has 0 radical (unpaired) electrons. The fourth-order valence-electron chi connectivity index (χ4n) is 0.713. The normalized spacial score (nSPS) is 15.7. The van der Waals surface area contributed by atoms with Crippen LogP contribution in [0.4, 0.5) is 0 Å². The van der Waals surface area contributed by atoms with Crippen molar-refractivity contribution < 1.29 is 28.1 Å². The first-order valence-electron chi connectivity index (χ1n) is 3.56. The van der Waals surface area contributed by atoms with E-state index in [1.165, 1.54) is 24.3 Å². The monoisotopic (exact) mass is 211 g/mol. The van der Waals surface area contributed by atoms with Gasteiger partial charge in [-0.3, -0.25) is 9.59 Å². The summed E-state index contributed by atoms with van der Waals surface area (Å²) in [6.07, 6.45) is 13.0. The fourth-order valence-corrected chi connectivity index (χ4v) is 0.713. The van der Waals surface area contributed by atoms with Crippen LogP contribution in [0, 0.1) is 0 Å². The van der Waals surface area contributed by atoms with Gasteiger partial charge in [-0.05, 0) is 24.3 Å². The summed E-state index contributed by atoms with van der Waals surface area (Å²) in [7, 11) is 0. The van der Waals surface area contributed by atoms with Crippen LogP contribution in [-0.4, -0.2) is 11.6 Å². The molecule has 0 N–H and O–H groups in total. The van der Waals surface area contributed by atoms with Crippen molar-refractivity contribution in [1.82, 2.24) is 0 Å². The molecule has 13 heavy (non-hydrogen) atoms. The van der Waals surface area contributed by atoms with Crippen molar-refractivity contribution >= 4 is 11.6 Å². The molecule has 0 aliphatic heterocycles. The maximum atomic E-state index is 10.1. The summed E-state index contributed by atoms with van der Waals surface area (Å²) in [4.78, 5) is 20.1. The number of ketones is 2. The zero-order chi connectivity index (χ0) is 8.81. The first-order valence-corrected chi connectivity index (χ1v) is 3.56. The number of hydrogen-bond donors (Lipinski definition) is 0. The summed E-state index contributed by atoms with van der Waals surface area (Å²) in [5.41, 5.74) is 0. The molecule has 0 saturated heterocycles. The van der Waals surface area contributed by atoms with E-state index >= 15 is 0 Å². The van der Waals surface area contributed by atoms with Crippen molar-refractivity contribution in [1.29, 1.82) is 0 Å². The minimum Gasteiger partial charge on any atom is -0.290 e. The van der Waals surface area contributed by atoms with E-state index in [0.29, 0.717) is 0 Å². The van der Waals surface area contributed by atoms with Crippen LogP contribution in [-0.2, 0) is 28.1 Å². The maximum absolute atomic E-state index is 10.1. The van der Waals surface area contributed by atoms with Gasteiger partial charge in [-0.25, -0.2) is 0 Å². The first-order chi connectivity index (χ1) is 5.79. The van der Waals surface area contributed by atoms with Crippen LogP contribution in [0.25, 0.3) is 0 Å².